The summed E-state index contributed by atoms with van der Waals surface area (Å²) in [6, 6.07) is 0.694. The maximum absolute atomic E-state index is 9.78. The third kappa shape index (κ3) is 4.52. The predicted molar refractivity (Wildman–Crippen MR) is 65.0 cm³/mol. The van der Waals surface area contributed by atoms with Gasteiger partial charge in [-0.05, 0) is 52.5 Å². The van der Waals surface area contributed by atoms with Gasteiger partial charge in [-0.3, -0.25) is 0 Å². The summed E-state index contributed by atoms with van der Waals surface area (Å²) in [4.78, 5) is 2.34. The second kappa shape index (κ2) is 5.31. The summed E-state index contributed by atoms with van der Waals surface area (Å²) < 4.78 is 0. The molecular weight excluding hydrogens is 186 g/mol. The first-order chi connectivity index (χ1) is 6.92. The van der Waals surface area contributed by atoms with Crippen LogP contribution in [0.1, 0.15) is 52.9 Å². The fourth-order valence-electron chi connectivity index (χ4n) is 2.73. The first-order valence-electron chi connectivity index (χ1n) is 6.35. The molecule has 1 rings (SSSR count). The van der Waals surface area contributed by atoms with Gasteiger partial charge < -0.3 is 10.0 Å². The Bertz CT molecular complexity index is 177. The van der Waals surface area contributed by atoms with Gasteiger partial charge >= 0.3 is 0 Å². The van der Waals surface area contributed by atoms with Crippen LogP contribution in [0.15, 0.2) is 0 Å². The number of aliphatic hydroxyl groups is 1. The lowest BCUT2D eigenvalue weighted by Gasteiger charge is -2.37. The van der Waals surface area contributed by atoms with E-state index >= 15 is 0 Å². The van der Waals surface area contributed by atoms with E-state index in [0.717, 1.165) is 12.5 Å². The maximum atomic E-state index is 9.78. The first kappa shape index (κ1) is 13.0. The van der Waals surface area contributed by atoms with Crippen LogP contribution in [0.2, 0.25) is 0 Å². The van der Waals surface area contributed by atoms with Crippen molar-refractivity contribution in [3.63, 3.8) is 0 Å². The summed E-state index contributed by atoms with van der Waals surface area (Å²) in [5.74, 6) is 0.955. The van der Waals surface area contributed by atoms with Gasteiger partial charge in [0, 0.05) is 12.6 Å². The maximum Gasteiger partial charge on any atom is 0.0718 e. The van der Waals surface area contributed by atoms with Crippen LogP contribution in [0.3, 0.4) is 0 Å². The monoisotopic (exact) mass is 213 g/mol. The lowest BCUT2D eigenvalue weighted by molar-refractivity contribution is 0.0224. The summed E-state index contributed by atoms with van der Waals surface area (Å²) in [6.45, 7) is 6.86. The summed E-state index contributed by atoms with van der Waals surface area (Å²) >= 11 is 0. The molecule has 1 saturated carbocycles. The minimum Gasteiger partial charge on any atom is -0.389 e. The molecule has 1 N–H and O–H groups in total. The van der Waals surface area contributed by atoms with Gasteiger partial charge in [-0.15, -0.1) is 0 Å². The molecule has 0 amide bonds. The fraction of sp³-hybridized carbons (Fsp3) is 1.00. The van der Waals surface area contributed by atoms with Crippen molar-refractivity contribution in [3.05, 3.63) is 0 Å². The smallest absolute Gasteiger partial charge is 0.0718 e. The van der Waals surface area contributed by atoms with E-state index in [4.69, 9.17) is 0 Å². The Morgan fingerprint density at radius 2 is 1.73 bits per heavy atom. The van der Waals surface area contributed by atoms with Crippen molar-refractivity contribution in [2.45, 2.75) is 64.5 Å². The van der Waals surface area contributed by atoms with E-state index in [1.807, 2.05) is 13.8 Å². The van der Waals surface area contributed by atoms with Crippen LogP contribution in [-0.2, 0) is 0 Å². The second-order valence-corrected chi connectivity index (χ2v) is 5.81. The van der Waals surface area contributed by atoms with Crippen molar-refractivity contribution >= 4 is 0 Å². The largest absolute Gasteiger partial charge is 0.389 e. The molecule has 0 atom stereocenters. The zero-order chi connectivity index (χ0) is 11.5. The van der Waals surface area contributed by atoms with Crippen LogP contribution < -0.4 is 0 Å². The van der Waals surface area contributed by atoms with Crippen LogP contribution in [-0.4, -0.2) is 35.2 Å². The van der Waals surface area contributed by atoms with Gasteiger partial charge in [0.15, 0.2) is 0 Å². The highest BCUT2D eigenvalue weighted by molar-refractivity contribution is 4.80. The Morgan fingerprint density at radius 3 is 2.13 bits per heavy atom. The molecule has 0 radical (unpaired) electrons. The van der Waals surface area contributed by atoms with Crippen molar-refractivity contribution in [2.75, 3.05) is 13.6 Å². The molecule has 0 saturated heterocycles. The van der Waals surface area contributed by atoms with Crippen LogP contribution in [0.25, 0.3) is 0 Å². The summed E-state index contributed by atoms with van der Waals surface area (Å²) in [5.41, 5.74) is -0.559. The normalized spacial score (nSPS) is 28.4. The standard InChI is InChI=1S/C13H27NO/c1-5-11-6-8-12(9-7-11)14(4)10-13(2,3)15/h11-12,15H,5-10H2,1-4H3. The number of nitrogens with zero attached hydrogens (tertiary/aromatic N) is 1. The Hall–Kier alpha value is -0.0800. The van der Waals surface area contributed by atoms with Crippen molar-refractivity contribution < 1.29 is 5.11 Å². The topological polar surface area (TPSA) is 23.5 Å². The van der Waals surface area contributed by atoms with Crippen molar-refractivity contribution in [3.8, 4) is 0 Å². The Morgan fingerprint density at radius 1 is 1.20 bits per heavy atom. The highest BCUT2D eigenvalue weighted by Crippen LogP contribution is 2.29. The van der Waals surface area contributed by atoms with Crippen LogP contribution in [0.4, 0.5) is 0 Å². The molecule has 0 aromatic rings. The highest BCUT2D eigenvalue weighted by atomic mass is 16.3. The Kier molecular flexibility index (Phi) is 4.60. The van der Waals surface area contributed by atoms with E-state index in [9.17, 15) is 5.11 Å². The molecule has 1 fully saturated rings. The summed E-state index contributed by atoms with van der Waals surface area (Å²) in [5, 5.41) is 9.78. The lowest BCUT2D eigenvalue weighted by atomic mass is 9.84. The van der Waals surface area contributed by atoms with E-state index in [1.165, 1.54) is 32.1 Å². The first-order valence-corrected chi connectivity index (χ1v) is 6.35. The molecule has 0 bridgehead atoms. The van der Waals surface area contributed by atoms with Gasteiger partial charge in [0.1, 0.15) is 0 Å². The predicted octanol–water partition coefficient (Wildman–Crippen LogP) is 2.66. The molecule has 2 nitrogen and oxygen atoms in total. The summed E-state index contributed by atoms with van der Waals surface area (Å²) in [6.07, 6.45) is 6.70. The molecule has 2 heteroatoms. The quantitative estimate of drug-likeness (QED) is 0.776. The van der Waals surface area contributed by atoms with Gasteiger partial charge in [-0.1, -0.05) is 13.3 Å². The molecule has 0 aromatic carbocycles. The highest BCUT2D eigenvalue weighted by Gasteiger charge is 2.25. The molecule has 1 aliphatic carbocycles. The van der Waals surface area contributed by atoms with Gasteiger partial charge in [0.05, 0.1) is 5.60 Å². The molecule has 0 aliphatic heterocycles. The molecule has 0 aromatic heterocycles. The fourth-order valence-corrected chi connectivity index (χ4v) is 2.73. The zero-order valence-corrected chi connectivity index (χ0v) is 10.8. The number of rotatable bonds is 4. The van der Waals surface area contributed by atoms with Gasteiger partial charge in [0.25, 0.3) is 0 Å². The number of hydrogen-bond acceptors (Lipinski definition) is 2. The van der Waals surface area contributed by atoms with Crippen molar-refractivity contribution in [1.29, 1.82) is 0 Å². The molecule has 15 heavy (non-hydrogen) atoms. The summed E-state index contributed by atoms with van der Waals surface area (Å²) in [7, 11) is 2.15. The van der Waals surface area contributed by atoms with Gasteiger partial charge in [-0.2, -0.15) is 0 Å². The minimum absolute atomic E-state index is 0.559. The third-order valence-corrected chi connectivity index (χ3v) is 3.65. The minimum atomic E-state index is -0.559. The van der Waals surface area contributed by atoms with E-state index in [0.29, 0.717) is 6.04 Å². The average molecular weight is 213 g/mol. The van der Waals surface area contributed by atoms with E-state index in [-0.39, 0.29) is 0 Å². The van der Waals surface area contributed by atoms with Crippen molar-refractivity contribution in [2.24, 2.45) is 5.92 Å². The lowest BCUT2D eigenvalue weighted by Crippen LogP contribution is -2.43. The van der Waals surface area contributed by atoms with Crippen molar-refractivity contribution in [1.82, 2.24) is 4.90 Å². The van der Waals surface area contributed by atoms with E-state index in [1.54, 1.807) is 0 Å². The Labute approximate surface area is 94.7 Å². The van der Waals surface area contributed by atoms with Crippen LogP contribution in [0.5, 0.6) is 0 Å². The molecule has 0 spiro atoms. The van der Waals surface area contributed by atoms with E-state index < -0.39 is 5.60 Å². The third-order valence-electron chi connectivity index (χ3n) is 3.65. The zero-order valence-electron chi connectivity index (χ0n) is 10.8. The van der Waals surface area contributed by atoms with Gasteiger partial charge in [-0.25, -0.2) is 0 Å². The van der Waals surface area contributed by atoms with E-state index in [2.05, 4.69) is 18.9 Å². The van der Waals surface area contributed by atoms with Crippen LogP contribution in [0, 0.1) is 5.92 Å². The van der Waals surface area contributed by atoms with Gasteiger partial charge in [0.2, 0.25) is 0 Å². The second-order valence-electron chi connectivity index (χ2n) is 5.81. The van der Waals surface area contributed by atoms with Crippen LogP contribution >= 0.6 is 0 Å². The Balaban J connectivity index is 2.33. The molecule has 0 heterocycles. The molecule has 1 aliphatic rings. The molecule has 0 unspecified atom stereocenters. The molecular formula is C13H27NO. The number of hydrogen-bond donors (Lipinski definition) is 1. The SMILES string of the molecule is CCC1CCC(N(C)CC(C)(C)O)CC1. The molecule has 90 valence electrons. The number of likely N-dealkylation sites (N-methyl/N-ethyl adjacent to an activating group) is 1. The average Bonchev–Trinajstić information content (AvgIpc) is 2.15.